The molecule has 0 radical (unpaired) electrons. The van der Waals surface area contributed by atoms with Gasteiger partial charge >= 0.3 is 6.09 Å². The molecule has 0 fully saturated rings. The van der Waals surface area contributed by atoms with Gasteiger partial charge in [-0.3, -0.25) is 10.2 Å². The predicted molar refractivity (Wildman–Crippen MR) is 100 cm³/mol. The molecule has 0 saturated carbocycles. The summed E-state index contributed by atoms with van der Waals surface area (Å²) in [6.07, 6.45) is -0.218. The Morgan fingerprint density at radius 1 is 1.11 bits per heavy atom. The number of aryl methyl sites for hydroxylation is 1. The Hall–Kier alpha value is -3.35. The number of carbonyl (C=O) groups is 2. The molecule has 0 atom stereocenters. The molecule has 1 heterocycles. The molecule has 0 aliphatic carbocycles. The zero-order chi connectivity index (χ0) is 19.2. The van der Waals surface area contributed by atoms with E-state index < -0.39 is 6.09 Å². The fourth-order valence-corrected chi connectivity index (χ4v) is 2.92. The van der Waals surface area contributed by atoms with Crippen LogP contribution in [0.4, 0.5) is 9.18 Å². The summed E-state index contributed by atoms with van der Waals surface area (Å²) in [6, 6.07) is 14.2. The van der Waals surface area contributed by atoms with Crippen molar-refractivity contribution < 1.29 is 18.7 Å². The van der Waals surface area contributed by atoms with Gasteiger partial charge in [0.05, 0.1) is 6.61 Å². The molecule has 7 heteroatoms. The van der Waals surface area contributed by atoms with E-state index in [2.05, 4.69) is 20.6 Å². The molecule has 3 aromatic rings. The minimum absolute atomic E-state index is 0.121. The van der Waals surface area contributed by atoms with Gasteiger partial charge < -0.3 is 9.72 Å². The molecule has 2 amide bonds. The van der Waals surface area contributed by atoms with E-state index in [9.17, 15) is 14.0 Å². The van der Waals surface area contributed by atoms with E-state index >= 15 is 0 Å². The lowest BCUT2D eigenvalue weighted by atomic mass is 10.0. The molecule has 1 aromatic heterocycles. The largest absolute Gasteiger partial charge is 0.449 e. The number of hydrazine groups is 1. The van der Waals surface area contributed by atoms with E-state index in [1.165, 1.54) is 12.1 Å². The lowest BCUT2D eigenvalue weighted by Crippen LogP contribution is -2.42. The number of fused-ring (bicyclic) bond motifs is 1. The predicted octanol–water partition coefficient (Wildman–Crippen LogP) is 3.68. The van der Waals surface area contributed by atoms with Crippen molar-refractivity contribution in [3.05, 3.63) is 59.9 Å². The molecule has 0 saturated heterocycles. The van der Waals surface area contributed by atoms with Gasteiger partial charge in [0.25, 0.3) is 0 Å². The SMILES string of the molecule is CCOC(=O)NNC(=O)CCc1c(-c2ccccc2)[nH]c2ccc(F)cc12. The first kappa shape index (κ1) is 18.4. The van der Waals surface area contributed by atoms with E-state index in [4.69, 9.17) is 0 Å². The third-order valence-electron chi connectivity index (χ3n) is 4.11. The third-order valence-corrected chi connectivity index (χ3v) is 4.11. The molecule has 3 rings (SSSR count). The van der Waals surface area contributed by atoms with Crippen molar-refractivity contribution in [1.29, 1.82) is 0 Å². The fraction of sp³-hybridized carbons (Fsp3) is 0.200. The first-order valence-corrected chi connectivity index (χ1v) is 8.65. The smallest absolute Gasteiger partial charge is 0.426 e. The number of hydrogen-bond donors (Lipinski definition) is 3. The van der Waals surface area contributed by atoms with Crippen LogP contribution in [0.5, 0.6) is 0 Å². The number of rotatable bonds is 5. The van der Waals surface area contributed by atoms with Crippen LogP contribution in [0.3, 0.4) is 0 Å². The lowest BCUT2D eigenvalue weighted by Gasteiger charge is -2.08. The summed E-state index contributed by atoms with van der Waals surface area (Å²) >= 11 is 0. The minimum Gasteiger partial charge on any atom is -0.449 e. The van der Waals surface area contributed by atoms with Crippen molar-refractivity contribution in [2.75, 3.05) is 6.61 Å². The monoisotopic (exact) mass is 369 g/mol. The lowest BCUT2D eigenvalue weighted by molar-refractivity contribution is -0.121. The van der Waals surface area contributed by atoms with E-state index in [0.717, 1.165) is 27.7 Å². The summed E-state index contributed by atoms with van der Waals surface area (Å²) in [4.78, 5) is 26.6. The molecule has 27 heavy (non-hydrogen) atoms. The fourth-order valence-electron chi connectivity index (χ4n) is 2.92. The van der Waals surface area contributed by atoms with E-state index in [1.54, 1.807) is 13.0 Å². The number of amides is 2. The highest BCUT2D eigenvalue weighted by atomic mass is 19.1. The third kappa shape index (κ3) is 4.44. The zero-order valence-electron chi connectivity index (χ0n) is 14.8. The molecule has 3 N–H and O–H groups in total. The van der Waals surface area contributed by atoms with E-state index in [1.807, 2.05) is 30.3 Å². The summed E-state index contributed by atoms with van der Waals surface area (Å²) in [7, 11) is 0. The number of H-pyrrole nitrogens is 1. The maximum Gasteiger partial charge on any atom is 0.426 e. The van der Waals surface area contributed by atoms with Gasteiger partial charge in [0, 0.05) is 23.0 Å². The molecular weight excluding hydrogens is 349 g/mol. The highest BCUT2D eigenvalue weighted by Gasteiger charge is 2.15. The first-order chi connectivity index (χ1) is 13.1. The summed E-state index contributed by atoms with van der Waals surface area (Å²) in [5.41, 5.74) is 7.93. The van der Waals surface area contributed by atoms with Gasteiger partial charge in [-0.2, -0.15) is 0 Å². The van der Waals surface area contributed by atoms with Crippen molar-refractivity contribution in [3.8, 4) is 11.3 Å². The Labute approximate surface area is 155 Å². The number of aromatic nitrogens is 1. The van der Waals surface area contributed by atoms with Crippen LogP contribution in [0.25, 0.3) is 22.2 Å². The van der Waals surface area contributed by atoms with Crippen LogP contribution in [-0.2, 0) is 16.0 Å². The maximum atomic E-state index is 13.8. The second-order valence-electron chi connectivity index (χ2n) is 5.93. The van der Waals surface area contributed by atoms with Gasteiger partial charge in [-0.1, -0.05) is 30.3 Å². The van der Waals surface area contributed by atoms with Crippen LogP contribution in [0.1, 0.15) is 18.9 Å². The zero-order valence-corrected chi connectivity index (χ0v) is 14.8. The number of ether oxygens (including phenoxy) is 1. The molecule has 140 valence electrons. The Morgan fingerprint density at radius 3 is 2.63 bits per heavy atom. The topological polar surface area (TPSA) is 83.2 Å². The molecular formula is C20H20FN3O3. The maximum absolute atomic E-state index is 13.8. The van der Waals surface area contributed by atoms with Crippen LogP contribution < -0.4 is 10.9 Å². The molecule has 0 unspecified atom stereocenters. The minimum atomic E-state index is -0.718. The summed E-state index contributed by atoms with van der Waals surface area (Å²) in [6.45, 7) is 1.88. The van der Waals surface area contributed by atoms with Crippen LogP contribution >= 0.6 is 0 Å². The van der Waals surface area contributed by atoms with Crippen molar-refractivity contribution in [3.63, 3.8) is 0 Å². The first-order valence-electron chi connectivity index (χ1n) is 8.65. The Kier molecular flexibility index (Phi) is 5.71. The Bertz CT molecular complexity index is 954. The molecule has 0 aliphatic rings. The van der Waals surface area contributed by atoms with Crippen molar-refractivity contribution in [2.24, 2.45) is 0 Å². The normalized spacial score (nSPS) is 10.6. The average molecular weight is 369 g/mol. The van der Waals surface area contributed by atoms with Crippen LogP contribution in [0.2, 0.25) is 0 Å². The van der Waals surface area contributed by atoms with Gasteiger partial charge in [-0.15, -0.1) is 0 Å². The second kappa shape index (κ2) is 8.35. The summed E-state index contributed by atoms with van der Waals surface area (Å²) in [5.74, 6) is -0.705. The van der Waals surface area contributed by atoms with Gasteiger partial charge in [-0.05, 0) is 42.7 Å². The van der Waals surface area contributed by atoms with Crippen LogP contribution in [-0.4, -0.2) is 23.6 Å². The van der Waals surface area contributed by atoms with Crippen LogP contribution in [0, 0.1) is 5.82 Å². The van der Waals surface area contributed by atoms with Gasteiger partial charge in [-0.25, -0.2) is 14.6 Å². The summed E-state index contributed by atoms with van der Waals surface area (Å²) < 4.78 is 18.4. The molecule has 0 aliphatic heterocycles. The second-order valence-corrected chi connectivity index (χ2v) is 5.93. The quantitative estimate of drug-likeness (QED) is 0.600. The van der Waals surface area contributed by atoms with Gasteiger partial charge in [0.15, 0.2) is 0 Å². The van der Waals surface area contributed by atoms with Crippen molar-refractivity contribution in [2.45, 2.75) is 19.8 Å². The number of carbonyl (C=O) groups excluding carboxylic acids is 2. The van der Waals surface area contributed by atoms with Crippen LogP contribution in [0.15, 0.2) is 48.5 Å². The summed E-state index contributed by atoms with van der Waals surface area (Å²) in [5, 5.41) is 0.736. The standard InChI is InChI=1S/C20H20FN3O3/c1-2-27-20(26)24-23-18(25)11-9-15-16-12-14(21)8-10-17(16)22-19(15)13-6-4-3-5-7-13/h3-8,10,12,22H,2,9,11H2,1H3,(H,23,25)(H,24,26). The highest BCUT2D eigenvalue weighted by molar-refractivity contribution is 5.91. The number of benzene rings is 2. The average Bonchev–Trinajstić information content (AvgIpc) is 3.03. The molecule has 2 aromatic carbocycles. The molecule has 0 spiro atoms. The van der Waals surface area contributed by atoms with E-state index in [-0.39, 0.29) is 24.8 Å². The molecule has 6 nitrogen and oxygen atoms in total. The Morgan fingerprint density at radius 2 is 1.89 bits per heavy atom. The van der Waals surface area contributed by atoms with E-state index in [0.29, 0.717) is 6.42 Å². The number of aromatic amines is 1. The van der Waals surface area contributed by atoms with Crippen molar-refractivity contribution >= 4 is 22.9 Å². The highest BCUT2D eigenvalue weighted by Crippen LogP contribution is 2.31. The van der Waals surface area contributed by atoms with Gasteiger partial charge in [0.1, 0.15) is 5.82 Å². The number of hydrogen-bond acceptors (Lipinski definition) is 3. The van der Waals surface area contributed by atoms with Crippen molar-refractivity contribution in [1.82, 2.24) is 15.8 Å². The number of nitrogens with one attached hydrogen (secondary N) is 3. The van der Waals surface area contributed by atoms with Gasteiger partial charge in [0.2, 0.25) is 5.91 Å². The molecule has 0 bridgehead atoms. The Balaban J connectivity index is 1.81. The number of halogens is 1.